The monoisotopic (exact) mass is 755 g/mol. The van der Waals surface area contributed by atoms with Crippen LogP contribution in [0.5, 0.6) is 5.75 Å². The van der Waals surface area contributed by atoms with E-state index in [-0.39, 0.29) is 24.1 Å². The summed E-state index contributed by atoms with van der Waals surface area (Å²) in [5.74, 6) is -0.00954. The van der Waals surface area contributed by atoms with Crippen molar-refractivity contribution in [2.45, 2.75) is 44.3 Å². The van der Waals surface area contributed by atoms with E-state index in [0.717, 1.165) is 92.4 Å². The van der Waals surface area contributed by atoms with Gasteiger partial charge in [0.1, 0.15) is 22.7 Å². The Morgan fingerprint density at radius 1 is 0.945 bits per heavy atom. The maximum absolute atomic E-state index is 13.1. The number of imide groups is 1. The third kappa shape index (κ3) is 7.50. The number of urea groups is 1. The molecule has 5 aromatic rings. The Hall–Kier alpha value is -5.77. The first-order valence-corrected chi connectivity index (χ1v) is 18.4. The summed E-state index contributed by atoms with van der Waals surface area (Å²) in [4.78, 5) is 51.6. The van der Waals surface area contributed by atoms with Crippen molar-refractivity contribution in [2.24, 2.45) is 5.92 Å². The van der Waals surface area contributed by atoms with Crippen molar-refractivity contribution in [2.75, 3.05) is 61.5 Å². The molecule has 4 amide bonds. The Bertz CT molecular complexity index is 2260. The summed E-state index contributed by atoms with van der Waals surface area (Å²) >= 11 is 0. The molecule has 0 bridgehead atoms. The Labute approximate surface area is 314 Å². The molecule has 286 valence electrons. The number of hydrogen-bond donors (Lipinski definition) is 2. The maximum atomic E-state index is 13.1. The number of piperazine rings is 1. The van der Waals surface area contributed by atoms with Crippen molar-refractivity contribution >= 4 is 56.6 Å². The van der Waals surface area contributed by atoms with E-state index < -0.39 is 23.8 Å². The number of pyridine rings is 2. The maximum Gasteiger partial charge on any atom is 0.433 e. The van der Waals surface area contributed by atoms with Gasteiger partial charge in [0.2, 0.25) is 5.91 Å². The Balaban J connectivity index is 0.869. The first-order valence-electron chi connectivity index (χ1n) is 18.4. The van der Waals surface area contributed by atoms with Gasteiger partial charge in [0, 0.05) is 91.7 Å². The van der Waals surface area contributed by atoms with Crippen molar-refractivity contribution in [3.63, 3.8) is 0 Å². The lowest BCUT2D eigenvalue weighted by Gasteiger charge is -2.39. The van der Waals surface area contributed by atoms with E-state index in [4.69, 9.17) is 9.84 Å². The molecule has 13 nitrogen and oxygen atoms in total. The quantitative estimate of drug-likeness (QED) is 0.188. The van der Waals surface area contributed by atoms with Crippen molar-refractivity contribution in [1.82, 2.24) is 30.0 Å². The van der Waals surface area contributed by atoms with E-state index in [1.54, 1.807) is 23.2 Å². The van der Waals surface area contributed by atoms with E-state index >= 15 is 0 Å². The van der Waals surface area contributed by atoms with Crippen LogP contribution in [0.25, 0.3) is 21.7 Å². The van der Waals surface area contributed by atoms with Gasteiger partial charge in [-0.2, -0.15) is 18.3 Å². The highest BCUT2D eigenvalue weighted by Crippen LogP contribution is 2.37. The molecule has 2 N–H and O–H groups in total. The summed E-state index contributed by atoms with van der Waals surface area (Å²) in [6, 6.07) is 12.5. The molecule has 16 heteroatoms. The summed E-state index contributed by atoms with van der Waals surface area (Å²) in [6.45, 7) is 4.97. The number of aromatic nitrogens is 4. The lowest BCUT2D eigenvalue weighted by Crippen LogP contribution is -2.49. The van der Waals surface area contributed by atoms with Gasteiger partial charge in [-0.05, 0) is 55.9 Å². The van der Waals surface area contributed by atoms with Gasteiger partial charge in [0.05, 0.1) is 25.0 Å². The molecule has 5 heterocycles. The number of alkyl halides is 3. The van der Waals surface area contributed by atoms with Crippen molar-refractivity contribution < 1.29 is 32.3 Å². The van der Waals surface area contributed by atoms with Crippen molar-refractivity contribution in [3.8, 4) is 5.75 Å². The summed E-state index contributed by atoms with van der Waals surface area (Å²) in [7, 11) is 1.51. The second-order valence-corrected chi connectivity index (χ2v) is 14.3. The fraction of sp³-hybridized carbons (Fsp3) is 0.385. The minimum atomic E-state index is -4.66. The fourth-order valence-corrected chi connectivity index (χ4v) is 8.03. The van der Waals surface area contributed by atoms with Gasteiger partial charge in [0.15, 0.2) is 0 Å². The zero-order chi connectivity index (χ0) is 38.3. The van der Waals surface area contributed by atoms with E-state index in [0.29, 0.717) is 35.1 Å². The van der Waals surface area contributed by atoms with Crippen LogP contribution in [-0.4, -0.2) is 88.9 Å². The summed E-state index contributed by atoms with van der Waals surface area (Å²) in [5.41, 5.74) is 1.32. The average molecular weight is 756 g/mol. The van der Waals surface area contributed by atoms with Gasteiger partial charge in [-0.3, -0.25) is 34.4 Å². The Kier molecular flexibility index (Phi) is 9.75. The molecule has 3 aromatic heterocycles. The standard InChI is InChI=1S/C39H40F3N9O4/c1-55-33-19-26(44-37(53)30-5-3-7-34(45-30)39(40,41)42)18-25-23-51(47-36(25)33)27-10-8-24(9-11-27)22-48-14-16-49(17-15-48)31-6-2-4-28-29(31)20-43-21-32(28)50-13-12-35(52)46-38(50)54/h2-7,18-21,23-24,27H,8-17,22H2,1H3,(H,44,53)(H,46,52,54). The number of fused-ring (bicyclic) bond motifs is 2. The van der Waals surface area contributed by atoms with Crippen LogP contribution in [0.4, 0.5) is 35.0 Å². The molecule has 0 unspecified atom stereocenters. The molecular formula is C39H40F3N9O4. The number of anilines is 3. The minimum Gasteiger partial charge on any atom is -0.494 e. The molecule has 0 radical (unpaired) electrons. The van der Waals surface area contributed by atoms with E-state index in [2.05, 4.69) is 36.5 Å². The van der Waals surface area contributed by atoms with Gasteiger partial charge >= 0.3 is 12.2 Å². The number of halogens is 3. The van der Waals surface area contributed by atoms with Crippen molar-refractivity contribution in [3.05, 3.63) is 78.5 Å². The van der Waals surface area contributed by atoms with E-state index in [1.165, 1.54) is 13.2 Å². The molecule has 2 aliphatic heterocycles. The number of amides is 4. The van der Waals surface area contributed by atoms with Crippen LogP contribution >= 0.6 is 0 Å². The van der Waals surface area contributed by atoms with Gasteiger partial charge in [-0.1, -0.05) is 18.2 Å². The lowest BCUT2D eigenvalue weighted by molar-refractivity contribution is -0.141. The van der Waals surface area contributed by atoms with Gasteiger partial charge in [-0.25, -0.2) is 9.78 Å². The molecular weight excluding hydrogens is 715 g/mol. The average Bonchev–Trinajstić information content (AvgIpc) is 3.62. The number of nitrogens with zero attached hydrogens (tertiary/aromatic N) is 7. The van der Waals surface area contributed by atoms with Gasteiger partial charge in [0.25, 0.3) is 5.91 Å². The van der Waals surface area contributed by atoms with Crippen molar-refractivity contribution in [1.29, 1.82) is 0 Å². The molecule has 3 aliphatic rings. The summed E-state index contributed by atoms with van der Waals surface area (Å²) in [6.07, 6.45) is 5.15. The first-order chi connectivity index (χ1) is 26.5. The SMILES string of the molecule is COc1cc(NC(=O)c2cccc(C(F)(F)F)n2)cc2cn(C3CCC(CN4CCN(c5cccc6c(N7CCC(=O)NC7=O)cncc56)CC4)CC3)nc12. The highest BCUT2D eigenvalue weighted by Gasteiger charge is 2.33. The Morgan fingerprint density at radius 3 is 2.47 bits per heavy atom. The van der Waals surface area contributed by atoms with Gasteiger partial charge < -0.3 is 15.0 Å². The third-order valence-corrected chi connectivity index (χ3v) is 10.9. The number of hydrogen-bond acceptors (Lipinski definition) is 9. The molecule has 1 aliphatic carbocycles. The van der Waals surface area contributed by atoms with Crippen LogP contribution in [0.1, 0.15) is 54.3 Å². The van der Waals surface area contributed by atoms with E-state index in [9.17, 15) is 27.6 Å². The number of carbonyl (C=O) groups excluding carboxylic acids is 3. The lowest BCUT2D eigenvalue weighted by atomic mass is 9.85. The number of ether oxygens (including phenoxy) is 1. The van der Waals surface area contributed by atoms with Crippen LogP contribution in [0.3, 0.4) is 0 Å². The van der Waals surface area contributed by atoms with E-state index in [1.807, 2.05) is 29.2 Å². The summed E-state index contributed by atoms with van der Waals surface area (Å²) in [5, 5.41) is 12.6. The van der Waals surface area contributed by atoms with Crippen LogP contribution < -0.4 is 25.2 Å². The largest absolute Gasteiger partial charge is 0.494 e. The highest BCUT2D eigenvalue weighted by atomic mass is 19.4. The number of methoxy groups -OCH3 is 1. The Morgan fingerprint density at radius 2 is 1.73 bits per heavy atom. The molecule has 0 atom stereocenters. The minimum absolute atomic E-state index is 0.207. The predicted octanol–water partition coefficient (Wildman–Crippen LogP) is 6.26. The zero-order valence-corrected chi connectivity index (χ0v) is 30.2. The predicted molar refractivity (Wildman–Crippen MR) is 200 cm³/mol. The number of benzene rings is 2. The number of carbonyl (C=O) groups is 3. The molecule has 0 spiro atoms. The molecule has 2 saturated heterocycles. The molecule has 55 heavy (non-hydrogen) atoms. The smallest absolute Gasteiger partial charge is 0.433 e. The topological polar surface area (TPSA) is 138 Å². The van der Waals surface area contributed by atoms with Crippen LogP contribution in [0, 0.1) is 5.92 Å². The molecule has 2 aromatic carbocycles. The molecule has 8 rings (SSSR count). The third-order valence-electron chi connectivity index (χ3n) is 10.9. The van der Waals surface area contributed by atoms with Crippen LogP contribution in [-0.2, 0) is 11.0 Å². The van der Waals surface area contributed by atoms with Gasteiger partial charge in [-0.15, -0.1) is 0 Å². The second-order valence-electron chi connectivity index (χ2n) is 14.3. The van der Waals surface area contributed by atoms with Crippen LogP contribution in [0.15, 0.2) is 67.1 Å². The molecule has 3 fully saturated rings. The first kappa shape index (κ1) is 36.2. The highest BCUT2D eigenvalue weighted by molar-refractivity contribution is 6.11. The zero-order valence-electron chi connectivity index (χ0n) is 30.2. The normalized spacial score (nSPS) is 19.9. The molecule has 1 saturated carbocycles. The fourth-order valence-electron chi connectivity index (χ4n) is 8.03. The second kappa shape index (κ2) is 14.8. The van der Waals surface area contributed by atoms with Crippen LogP contribution in [0.2, 0.25) is 0 Å². The number of rotatable bonds is 8. The number of nitrogens with one attached hydrogen (secondary N) is 2. The summed E-state index contributed by atoms with van der Waals surface area (Å²) < 4.78 is 47.0.